The van der Waals surface area contributed by atoms with Gasteiger partial charge in [0.15, 0.2) is 0 Å². The predicted octanol–water partition coefficient (Wildman–Crippen LogP) is 1.57. The molecule has 0 aliphatic heterocycles. The van der Waals surface area contributed by atoms with Gasteiger partial charge < -0.3 is 0 Å². The molecule has 0 amide bonds. The Balaban J connectivity index is 0. The van der Waals surface area contributed by atoms with Gasteiger partial charge in [0, 0.05) is 0 Å². The average molecular weight is 270 g/mol. The molecule has 0 unspecified atom stereocenters. The summed E-state index contributed by atoms with van der Waals surface area (Å²) in [4.78, 5) is 0. The van der Waals surface area contributed by atoms with Crippen molar-refractivity contribution in [2.24, 2.45) is 11.7 Å². The normalized spacial score (nSPS) is 11.7. The minimum atomic E-state index is -3.13. The van der Waals surface area contributed by atoms with Gasteiger partial charge in [0.1, 0.15) is 0 Å². The Bertz CT molecular complexity index is 25.2. The first-order chi connectivity index (χ1) is 3.00. The Labute approximate surface area is 60.9 Å². The molecule has 48 valence electrons. The molecule has 0 aromatic rings. The number of rotatable bonds is 0. The van der Waals surface area contributed by atoms with Crippen LogP contribution in [-0.2, 0) is 11.9 Å². The maximum absolute atomic E-state index is 5.02. The second-order valence-electron chi connectivity index (χ2n) is 0.350. The summed E-state index contributed by atoms with van der Waals surface area (Å²) in [5.41, 5.74) is 0. The third kappa shape index (κ3) is 82.7. The maximum atomic E-state index is 5.02. The van der Waals surface area contributed by atoms with Gasteiger partial charge in [0.2, 0.25) is 0 Å². The first-order valence-electron chi connectivity index (χ1n) is 0.951. The zero-order chi connectivity index (χ0) is 6.50. The number of nitrogens with two attached hydrogens (primary N) is 2. The molecule has 4 N–H and O–H groups in total. The van der Waals surface area contributed by atoms with Gasteiger partial charge in [-0.05, 0) is 0 Å². The van der Waals surface area contributed by atoms with Crippen LogP contribution in [0, 0.1) is 0 Å². The molecular weight excluding hydrogens is 266 g/mol. The molecule has 0 aliphatic rings. The molecule has 0 rings (SSSR count). The molecule has 2 nitrogen and oxygen atoms in total. The van der Waals surface area contributed by atoms with Crippen molar-refractivity contribution in [3.8, 4) is 0 Å². The number of halogens is 4. The standard InChI is InChI=1S/4ClH.Mo.H4N2/c;;;;;1-2/h4*1H;;1-2H2/q;;;;+4;/p-4. The predicted molar refractivity (Wildman–Crippen MR) is 31.8 cm³/mol. The zero-order valence-electron chi connectivity index (χ0n) is 3.07. The third-order valence-corrected chi connectivity index (χ3v) is 0. The van der Waals surface area contributed by atoms with Crippen molar-refractivity contribution < 1.29 is 11.9 Å². The van der Waals surface area contributed by atoms with E-state index in [0.717, 1.165) is 0 Å². The molecule has 0 saturated carbocycles. The van der Waals surface area contributed by atoms with E-state index in [1.807, 2.05) is 0 Å². The van der Waals surface area contributed by atoms with Crippen LogP contribution in [0.15, 0.2) is 0 Å². The summed E-state index contributed by atoms with van der Waals surface area (Å²) in [6.07, 6.45) is 0. The summed E-state index contributed by atoms with van der Waals surface area (Å²) in [7, 11) is 20.1. The quantitative estimate of drug-likeness (QED) is 0.399. The fraction of sp³-hybridized carbons (Fsp3) is 0. The van der Waals surface area contributed by atoms with Crippen LogP contribution in [0.3, 0.4) is 0 Å². The van der Waals surface area contributed by atoms with Crippen molar-refractivity contribution in [3.63, 3.8) is 0 Å². The molecule has 0 heterocycles. The fourth-order valence-electron chi connectivity index (χ4n) is 0. The first kappa shape index (κ1) is 11.6. The molecule has 0 aliphatic carbocycles. The molecule has 0 fully saturated rings. The zero-order valence-corrected chi connectivity index (χ0v) is 8.11. The second kappa shape index (κ2) is 5.90. The van der Waals surface area contributed by atoms with Crippen molar-refractivity contribution in [3.05, 3.63) is 0 Å². The van der Waals surface area contributed by atoms with E-state index < -0.39 is 11.9 Å². The van der Waals surface area contributed by atoms with Gasteiger partial charge in [-0.3, -0.25) is 11.7 Å². The van der Waals surface area contributed by atoms with Crippen molar-refractivity contribution in [1.29, 1.82) is 0 Å². The second-order valence-corrected chi connectivity index (χ2v) is 18.6. The van der Waals surface area contributed by atoms with Gasteiger partial charge >= 0.3 is 49.6 Å². The van der Waals surface area contributed by atoms with E-state index in [4.69, 9.17) is 37.7 Å². The Kier molecular flexibility index (Phi) is 9.73. The molecule has 0 aromatic carbocycles. The summed E-state index contributed by atoms with van der Waals surface area (Å²) in [6.45, 7) is 0. The van der Waals surface area contributed by atoms with Gasteiger partial charge in [0.25, 0.3) is 0 Å². The Hall–Kier alpha value is 1.77. The van der Waals surface area contributed by atoms with Crippen molar-refractivity contribution in [2.75, 3.05) is 0 Å². The Morgan fingerprint density at radius 1 is 0.857 bits per heavy atom. The summed E-state index contributed by atoms with van der Waals surface area (Å²) in [5, 5.41) is 0. The van der Waals surface area contributed by atoms with Crippen LogP contribution in [0.2, 0.25) is 0 Å². The van der Waals surface area contributed by atoms with Gasteiger partial charge in [-0.15, -0.1) is 0 Å². The van der Waals surface area contributed by atoms with Gasteiger partial charge in [-0.1, -0.05) is 0 Å². The number of hydrazine groups is 1. The van der Waals surface area contributed by atoms with Crippen molar-refractivity contribution in [2.45, 2.75) is 0 Å². The average Bonchev–Trinajstić information content (AvgIpc) is 1.36. The van der Waals surface area contributed by atoms with Crippen molar-refractivity contribution >= 4 is 37.7 Å². The topological polar surface area (TPSA) is 52.0 Å². The van der Waals surface area contributed by atoms with E-state index >= 15 is 0 Å². The van der Waals surface area contributed by atoms with Crippen LogP contribution in [-0.4, -0.2) is 0 Å². The van der Waals surface area contributed by atoms with Crippen LogP contribution in [0.25, 0.3) is 0 Å². The van der Waals surface area contributed by atoms with Crippen LogP contribution in [0.1, 0.15) is 0 Å². The minimum absolute atomic E-state index is 3.13. The molecule has 0 atom stereocenters. The Morgan fingerprint density at radius 2 is 0.857 bits per heavy atom. The Morgan fingerprint density at radius 3 is 0.857 bits per heavy atom. The number of hydrogen-bond acceptors (Lipinski definition) is 2. The third-order valence-electron chi connectivity index (χ3n) is 0. The van der Waals surface area contributed by atoms with E-state index in [9.17, 15) is 0 Å². The van der Waals surface area contributed by atoms with Crippen LogP contribution in [0.4, 0.5) is 0 Å². The molecule has 0 radical (unpaired) electrons. The van der Waals surface area contributed by atoms with Gasteiger partial charge in [-0.25, -0.2) is 0 Å². The van der Waals surface area contributed by atoms with Gasteiger partial charge in [0.05, 0.1) is 0 Å². The van der Waals surface area contributed by atoms with Gasteiger partial charge in [-0.2, -0.15) is 0 Å². The monoisotopic (exact) mass is 270 g/mol. The molecule has 0 bridgehead atoms. The summed E-state index contributed by atoms with van der Waals surface area (Å²) < 4.78 is 0. The molecular formula is H4Cl4MoN2. The molecule has 0 saturated heterocycles. The van der Waals surface area contributed by atoms with Crippen molar-refractivity contribution in [1.82, 2.24) is 0 Å². The molecule has 0 spiro atoms. The SMILES string of the molecule is NN.[Cl][Mo]([Cl])([Cl])[Cl]. The summed E-state index contributed by atoms with van der Waals surface area (Å²) in [6, 6.07) is 0. The van der Waals surface area contributed by atoms with E-state index in [1.54, 1.807) is 0 Å². The summed E-state index contributed by atoms with van der Waals surface area (Å²) >= 11 is -3.13. The van der Waals surface area contributed by atoms with E-state index in [0.29, 0.717) is 0 Å². The fourth-order valence-corrected chi connectivity index (χ4v) is 0. The summed E-state index contributed by atoms with van der Waals surface area (Å²) in [5.74, 6) is 8.00. The van der Waals surface area contributed by atoms with Crippen LogP contribution in [0.5, 0.6) is 0 Å². The van der Waals surface area contributed by atoms with Crippen LogP contribution >= 0.6 is 37.7 Å². The molecule has 7 heteroatoms. The first-order valence-corrected chi connectivity index (χ1v) is 11.3. The molecule has 0 aromatic heterocycles. The molecule has 7 heavy (non-hydrogen) atoms. The number of hydrogen-bond donors (Lipinski definition) is 2. The van der Waals surface area contributed by atoms with E-state index in [2.05, 4.69) is 11.7 Å². The van der Waals surface area contributed by atoms with Crippen LogP contribution < -0.4 is 11.7 Å². The van der Waals surface area contributed by atoms with E-state index in [1.165, 1.54) is 0 Å². The van der Waals surface area contributed by atoms with E-state index in [-0.39, 0.29) is 0 Å².